The fraction of sp³-hybridized carbons (Fsp3) is 0.600. The van der Waals surface area contributed by atoms with E-state index in [-0.39, 0.29) is 11.5 Å². The number of hydrogen-bond donors (Lipinski definition) is 4. The van der Waals surface area contributed by atoms with Crippen LogP contribution in [-0.2, 0) is 19.2 Å². The molecule has 0 saturated carbocycles. The van der Waals surface area contributed by atoms with Gasteiger partial charge in [0.05, 0.1) is 0 Å². The molecule has 8 nitrogen and oxygen atoms in total. The molecule has 0 aromatic carbocycles. The average molecular weight is 356 g/mol. The first-order valence-corrected chi connectivity index (χ1v) is 9.47. The third kappa shape index (κ3) is 10.3. The summed E-state index contributed by atoms with van der Waals surface area (Å²) in [6, 6.07) is -1.99. The normalized spacial score (nSPS) is 13.0. The first-order valence-electron chi connectivity index (χ1n) is 5.65. The second kappa shape index (κ2) is 10.6. The predicted octanol–water partition coefficient (Wildman–Crippen LogP) is 0.195. The number of rotatable bonds is 10. The molecule has 0 saturated heterocycles. The van der Waals surface area contributed by atoms with Crippen LogP contribution in [0, 0.1) is 0 Å². The average Bonchev–Trinajstić information content (AvgIpc) is 2.34. The Morgan fingerprint density at radius 1 is 0.857 bits per heavy atom. The highest BCUT2D eigenvalue weighted by Crippen LogP contribution is 2.35. The van der Waals surface area contributed by atoms with Crippen LogP contribution in [0.15, 0.2) is 0 Å². The van der Waals surface area contributed by atoms with Crippen LogP contribution in [0.1, 0.15) is 13.8 Å². The van der Waals surface area contributed by atoms with Crippen LogP contribution in [0.5, 0.6) is 0 Å². The van der Waals surface area contributed by atoms with Crippen LogP contribution in [0.25, 0.3) is 0 Å². The summed E-state index contributed by atoms with van der Waals surface area (Å²) in [7, 11) is 3.57. The van der Waals surface area contributed by atoms with E-state index in [1.807, 2.05) is 0 Å². The summed E-state index contributed by atoms with van der Waals surface area (Å²) < 4.78 is 0. The number of carboxylic acids is 2. The number of nitrogens with one attached hydrogen (secondary N) is 2. The Balaban J connectivity index is 4.01. The molecule has 0 rings (SSSR count). The van der Waals surface area contributed by atoms with E-state index >= 15 is 0 Å². The zero-order valence-electron chi connectivity index (χ0n) is 11.3. The van der Waals surface area contributed by atoms with Gasteiger partial charge in [0.25, 0.3) is 0 Å². The van der Waals surface area contributed by atoms with Gasteiger partial charge in [0.1, 0.15) is 12.1 Å². The SMILES string of the molecule is CC(=O)N[C@H](CSSSC[C@@H](NC(C)=O)C(=O)O)C(=O)O. The maximum atomic E-state index is 10.8. The van der Waals surface area contributed by atoms with Gasteiger partial charge < -0.3 is 20.8 Å². The van der Waals surface area contributed by atoms with Gasteiger partial charge in [-0.15, -0.1) is 0 Å². The number of amides is 2. The van der Waals surface area contributed by atoms with Crippen molar-refractivity contribution in [3.05, 3.63) is 0 Å². The lowest BCUT2D eigenvalue weighted by atomic mass is 10.3. The highest BCUT2D eigenvalue weighted by atomic mass is 33.5. The van der Waals surface area contributed by atoms with Crippen molar-refractivity contribution in [3.8, 4) is 0 Å². The monoisotopic (exact) mass is 356 g/mol. The Hall–Kier alpha value is -1.07. The summed E-state index contributed by atoms with van der Waals surface area (Å²) in [6.07, 6.45) is 0. The largest absolute Gasteiger partial charge is 0.480 e. The standard InChI is InChI=1S/C10H16N2O6S3/c1-5(13)11-7(9(15)16)3-19-21-20-4-8(10(17)18)12-6(2)14/h7-8H,3-4H2,1-2H3,(H,11,13)(H,12,14)(H,15,16)(H,17,18)/t7-,8-/m1/s1. The molecule has 0 unspecified atom stereocenters. The van der Waals surface area contributed by atoms with E-state index < -0.39 is 35.8 Å². The molecule has 120 valence electrons. The van der Waals surface area contributed by atoms with Crippen LogP contribution >= 0.6 is 31.4 Å². The van der Waals surface area contributed by atoms with Gasteiger partial charge in [0.15, 0.2) is 0 Å². The lowest BCUT2D eigenvalue weighted by molar-refractivity contribution is -0.141. The Bertz CT molecular complexity index is 370. The van der Waals surface area contributed by atoms with Crippen LogP contribution in [0.2, 0.25) is 0 Å². The van der Waals surface area contributed by atoms with Gasteiger partial charge >= 0.3 is 11.9 Å². The minimum Gasteiger partial charge on any atom is -0.480 e. The van der Waals surface area contributed by atoms with Crippen molar-refractivity contribution >= 4 is 55.2 Å². The van der Waals surface area contributed by atoms with Crippen molar-refractivity contribution in [1.29, 1.82) is 0 Å². The molecule has 21 heavy (non-hydrogen) atoms. The molecule has 0 fully saturated rings. The summed E-state index contributed by atoms with van der Waals surface area (Å²) in [5.41, 5.74) is 0. The molecular formula is C10H16N2O6S3. The number of carboxylic acid groups (broad SMARTS) is 2. The van der Waals surface area contributed by atoms with E-state index in [9.17, 15) is 19.2 Å². The molecular weight excluding hydrogens is 340 g/mol. The molecule has 0 spiro atoms. The Morgan fingerprint density at radius 3 is 1.43 bits per heavy atom. The van der Waals surface area contributed by atoms with Gasteiger partial charge in [0, 0.05) is 25.4 Å². The van der Waals surface area contributed by atoms with Crippen molar-refractivity contribution < 1.29 is 29.4 Å². The van der Waals surface area contributed by atoms with Crippen LogP contribution < -0.4 is 10.6 Å². The molecule has 0 aliphatic carbocycles. The van der Waals surface area contributed by atoms with E-state index in [2.05, 4.69) is 10.6 Å². The third-order valence-electron chi connectivity index (χ3n) is 1.92. The molecule has 0 aliphatic rings. The molecule has 2 atom stereocenters. The van der Waals surface area contributed by atoms with Gasteiger partial charge in [-0.1, -0.05) is 21.6 Å². The quantitative estimate of drug-likeness (QED) is 0.320. The summed E-state index contributed by atoms with van der Waals surface area (Å²) >= 11 is 0. The zero-order valence-corrected chi connectivity index (χ0v) is 13.8. The lowest BCUT2D eigenvalue weighted by Crippen LogP contribution is -2.41. The third-order valence-corrected chi connectivity index (χ3v) is 6.17. The summed E-state index contributed by atoms with van der Waals surface area (Å²) in [5.74, 6) is -2.85. The van der Waals surface area contributed by atoms with Crippen LogP contribution in [-0.4, -0.2) is 57.6 Å². The molecule has 0 aromatic heterocycles. The molecule has 4 N–H and O–H groups in total. The first-order chi connectivity index (χ1) is 9.73. The van der Waals surface area contributed by atoms with E-state index in [0.717, 1.165) is 0 Å². The molecule has 2 amide bonds. The van der Waals surface area contributed by atoms with Crippen molar-refractivity contribution in [2.75, 3.05) is 11.5 Å². The highest BCUT2D eigenvalue weighted by molar-refractivity contribution is 9.09. The molecule has 0 aromatic rings. The van der Waals surface area contributed by atoms with Crippen LogP contribution in [0.3, 0.4) is 0 Å². The van der Waals surface area contributed by atoms with Crippen molar-refractivity contribution in [3.63, 3.8) is 0 Å². The summed E-state index contributed by atoms with van der Waals surface area (Å²) in [4.78, 5) is 43.3. The van der Waals surface area contributed by atoms with E-state index in [1.54, 1.807) is 0 Å². The molecule has 0 aliphatic heterocycles. The van der Waals surface area contributed by atoms with E-state index in [1.165, 1.54) is 45.3 Å². The van der Waals surface area contributed by atoms with Gasteiger partial charge in [-0.25, -0.2) is 9.59 Å². The second-order valence-corrected chi connectivity index (χ2v) is 8.14. The zero-order chi connectivity index (χ0) is 16.4. The molecule has 11 heteroatoms. The summed E-state index contributed by atoms with van der Waals surface area (Å²) in [5, 5.41) is 22.3. The molecule has 0 heterocycles. The van der Waals surface area contributed by atoms with Gasteiger partial charge in [0.2, 0.25) is 11.8 Å². The fourth-order valence-corrected chi connectivity index (χ4v) is 4.94. The molecule has 0 radical (unpaired) electrons. The predicted molar refractivity (Wildman–Crippen MR) is 83.0 cm³/mol. The van der Waals surface area contributed by atoms with Gasteiger partial charge in [-0.05, 0) is 9.83 Å². The van der Waals surface area contributed by atoms with E-state index in [4.69, 9.17) is 10.2 Å². The number of hydrogen-bond acceptors (Lipinski definition) is 7. The summed E-state index contributed by atoms with van der Waals surface area (Å²) in [6.45, 7) is 2.46. The topological polar surface area (TPSA) is 133 Å². The van der Waals surface area contributed by atoms with Crippen molar-refractivity contribution in [2.45, 2.75) is 25.9 Å². The molecule has 0 bridgehead atoms. The maximum absolute atomic E-state index is 10.8. The highest BCUT2D eigenvalue weighted by Gasteiger charge is 2.20. The van der Waals surface area contributed by atoms with Gasteiger partial charge in [-0.3, -0.25) is 9.59 Å². The van der Waals surface area contributed by atoms with Crippen molar-refractivity contribution in [1.82, 2.24) is 10.6 Å². The minimum absolute atomic E-state index is 0.143. The maximum Gasteiger partial charge on any atom is 0.327 e. The second-order valence-electron chi connectivity index (χ2n) is 3.82. The number of carbonyl (C=O) groups is 4. The Labute approximate surface area is 133 Å². The number of carbonyl (C=O) groups excluding carboxylic acids is 2. The van der Waals surface area contributed by atoms with Gasteiger partial charge in [-0.2, -0.15) is 0 Å². The lowest BCUT2D eigenvalue weighted by Gasteiger charge is -2.13. The number of aliphatic carboxylic acids is 2. The Kier molecular flexibility index (Phi) is 10.1. The Morgan fingerprint density at radius 2 is 1.19 bits per heavy atom. The fourth-order valence-electron chi connectivity index (χ4n) is 1.07. The minimum atomic E-state index is -1.13. The smallest absolute Gasteiger partial charge is 0.327 e. The first kappa shape index (κ1) is 19.9. The van der Waals surface area contributed by atoms with Crippen LogP contribution in [0.4, 0.5) is 0 Å². The van der Waals surface area contributed by atoms with E-state index in [0.29, 0.717) is 0 Å². The van der Waals surface area contributed by atoms with Crippen molar-refractivity contribution in [2.24, 2.45) is 0 Å².